The van der Waals surface area contributed by atoms with E-state index in [0.29, 0.717) is 0 Å². The van der Waals surface area contributed by atoms with Crippen LogP contribution in [0.1, 0.15) is 12.8 Å². The Hall–Kier alpha value is -0.710. The molecule has 0 amide bonds. The Balaban J connectivity index is 1.74. The van der Waals surface area contributed by atoms with Crippen LogP contribution in [0.4, 0.5) is 5.69 Å². The Bertz CT molecular complexity index is 472. The van der Waals surface area contributed by atoms with Gasteiger partial charge in [-0.05, 0) is 25.0 Å². The van der Waals surface area contributed by atoms with Crippen molar-refractivity contribution in [2.75, 3.05) is 24.3 Å². The number of para-hydroxylation sites is 1. The molecule has 3 rings (SSSR count). The molecule has 1 N–H and O–H groups in total. The summed E-state index contributed by atoms with van der Waals surface area (Å²) in [5.74, 6) is 1.04. The fourth-order valence-corrected chi connectivity index (χ4v) is 3.61. The first-order valence-corrected chi connectivity index (χ1v) is 7.46. The fraction of sp³-hybridized carbons (Fsp3) is 0.462. The van der Waals surface area contributed by atoms with Crippen LogP contribution in [0.25, 0.3) is 0 Å². The number of nitrogens with zero attached hydrogens (tertiary/aromatic N) is 1. The molecular formula is C13H15ClN2OS. The molecule has 1 aromatic carbocycles. The van der Waals surface area contributed by atoms with Crippen molar-refractivity contribution in [3.8, 4) is 0 Å². The van der Waals surface area contributed by atoms with Crippen molar-refractivity contribution in [2.24, 2.45) is 4.99 Å². The van der Waals surface area contributed by atoms with Gasteiger partial charge in [0.2, 0.25) is 0 Å². The van der Waals surface area contributed by atoms with E-state index >= 15 is 0 Å². The zero-order valence-electron chi connectivity index (χ0n) is 9.99. The molecule has 0 atom stereocenters. The minimum absolute atomic E-state index is 0.0898. The molecule has 1 spiro atoms. The molecule has 2 aliphatic rings. The SMILES string of the molecule is Clc1ccccc1NC1=NC2(CCOCC2)CS1. The van der Waals surface area contributed by atoms with Gasteiger partial charge in [0.25, 0.3) is 0 Å². The Kier molecular flexibility index (Phi) is 3.50. The Morgan fingerprint density at radius 2 is 2.06 bits per heavy atom. The van der Waals surface area contributed by atoms with E-state index in [9.17, 15) is 0 Å². The van der Waals surface area contributed by atoms with E-state index < -0.39 is 0 Å². The topological polar surface area (TPSA) is 33.6 Å². The molecule has 0 aliphatic carbocycles. The normalized spacial score (nSPS) is 21.9. The second-order valence-corrected chi connectivity index (χ2v) is 6.02. The van der Waals surface area contributed by atoms with Crippen molar-refractivity contribution in [2.45, 2.75) is 18.4 Å². The van der Waals surface area contributed by atoms with Crippen LogP contribution in [0.2, 0.25) is 5.02 Å². The third-order valence-corrected chi connectivity index (χ3v) is 4.83. The minimum atomic E-state index is 0.0898. The molecule has 1 aromatic rings. The van der Waals surface area contributed by atoms with E-state index in [1.54, 1.807) is 11.8 Å². The Morgan fingerprint density at radius 3 is 2.83 bits per heavy atom. The number of aliphatic imine (C=N–C) groups is 1. The maximum Gasteiger partial charge on any atom is 0.161 e. The lowest BCUT2D eigenvalue weighted by atomic mass is 9.93. The molecule has 1 saturated heterocycles. The second kappa shape index (κ2) is 5.11. The molecule has 96 valence electrons. The average molecular weight is 283 g/mol. The van der Waals surface area contributed by atoms with E-state index in [4.69, 9.17) is 21.3 Å². The van der Waals surface area contributed by atoms with Gasteiger partial charge in [0.15, 0.2) is 5.17 Å². The number of ether oxygens (including phenoxy) is 1. The van der Waals surface area contributed by atoms with Crippen LogP contribution in [-0.4, -0.2) is 29.7 Å². The highest BCUT2D eigenvalue weighted by molar-refractivity contribution is 8.14. The summed E-state index contributed by atoms with van der Waals surface area (Å²) in [6.07, 6.45) is 2.04. The maximum atomic E-state index is 6.13. The van der Waals surface area contributed by atoms with Crippen molar-refractivity contribution in [3.63, 3.8) is 0 Å². The first-order chi connectivity index (χ1) is 8.77. The van der Waals surface area contributed by atoms with Gasteiger partial charge in [-0.25, -0.2) is 0 Å². The summed E-state index contributed by atoms with van der Waals surface area (Å²) >= 11 is 7.91. The molecule has 2 heterocycles. The number of anilines is 1. The highest BCUT2D eigenvalue weighted by Gasteiger charge is 2.37. The number of rotatable bonds is 1. The Labute approximate surface area is 116 Å². The van der Waals surface area contributed by atoms with Gasteiger partial charge in [0.05, 0.1) is 16.2 Å². The fourth-order valence-electron chi connectivity index (χ4n) is 2.23. The van der Waals surface area contributed by atoms with Crippen LogP contribution >= 0.6 is 23.4 Å². The van der Waals surface area contributed by atoms with Crippen LogP contribution in [0.5, 0.6) is 0 Å². The third kappa shape index (κ3) is 2.51. The smallest absolute Gasteiger partial charge is 0.161 e. The maximum absolute atomic E-state index is 6.13. The predicted molar refractivity (Wildman–Crippen MR) is 77.8 cm³/mol. The molecule has 5 heteroatoms. The second-order valence-electron chi connectivity index (χ2n) is 4.65. The Morgan fingerprint density at radius 1 is 1.28 bits per heavy atom. The van der Waals surface area contributed by atoms with Crippen LogP contribution in [0.3, 0.4) is 0 Å². The molecule has 0 bridgehead atoms. The number of nitrogens with one attached hydrogen (secondary N) is 1. The van der Waals surface area contributed by atoms with Gasteiger partial charge in [-0.15, -0.1) is 0 Å². The van der Waals surface area contributed by atoms with E-state index in [2.05, 4.69) is 5.32 Å². The molecule has 3 nitrogen and oxygen atoms in total. The van der Waals surface area contributed by atoms with E-state index in [0.717, 1.165) is 47.7 Å². The van der Waals surface area contributed by atoms with Gasteiger partial charge >= 0.3 is 0 Å². The van der Waals surface area contributed by atoms with E-state index in [1.807, 2.05) is 24.3 Å². The average Bonchev–Trinajstić information content (AvgIpc) is 2.76. The number of amidine groups is 1. The molecule has 2 aliphatic heterocycles. The summed E-state index contributed by atoms with van der Waals surface area (Å²) in [4.78, 5) is 4.85. The number of hydrogen-bond acceptors (Lipinski definition) is 4. The summed E-state index contributed by atoms with van der Waals surface area (Å²) in [5, 5.41) is 5.03. The van der Waals surface area contributed by atoms with E-state index in [1.165, 1.54) is 0 Å². The predicted octanol–water partition coefficient (Wildman–Crippen LogP) is 3.40. The molecule has 0 aromatic heterocycles. The van der Waals surface area contributed by atoms with Gasteiger partial charge in [0, 0.05) is 19.0 Å². The van der Waals surface area contributed by atoms with Gasteiger partial charge in [-0.1, -0.05) is 35.5 Å². The van der Waals surface area contributed by atoms with Gasteiger partial charge in [-0.2, -0.15) is 0 Å². The third-order valence-electron chi connectivity index (χ3n) is 3.36. The van der Waals surface area contributed by atoms with Crippen molar-refractivity contribution in [3.05, 3.63) is 29.3 Å². The number of thioether (sulfide) groups is 1. The van der Waals surface area contributed by atoms with Crippen molar-refractivity contribution in [1.82, 2.24) is 0 Å². The molecule has 1 fully saturated rings. The highest BCUT2D eigenvalue weighted by atomic mass is 35.5. The van der Waals surface area contributed by atoms with Gasteiger partial charge < -0.3 is 10.1 Å². The molecule has 0 radical (unpaired) electrons. The van der Waals surface area contributed by atoms with Crippen LogP contribution in [0, 0.1) is 0 Å². The number of benzene rings is 1. The lowest BCUT2D eigenvalue weighted by Crippen LogP contribution is -2.34. The van der Waals surface area contributed by atoms with E-state index in [-0.39, 0.29) is 5.54 Å². The van der Waals surface area contributed by atoms with Gasteiger partial charge in [0.1, 0.15) is 0 Å². The quantitative estimate of drug-likeness (QED) is 0.857. The van der Waals surface area contributed by atoms with Crippen LogP contribution in [-0.2, 0) is 4.74 Å². The summed E-state index contributed by atoms with van der Waals surface area (Å²) < 4.78 is 5.41. The summed E-state index contributed by atoms with van der Waals surface area (Å²) in [7, 11) is 0. The molecule has 18 heavy (non-hydrogen) atoms. The highest BCUT2D eigenvalue weighted by Crippen LogP contribution is 2.36. The molecule has 0 saturated carbocycles. The zero-order chi connectivity index (χ0) is 12.4. The van der Waals surface area contributed by atoms with Crippen molar-refractivity contribution < 1.29 is 4.74 Å². The monoisotopic (exact) mass is 282 g/mol. The summed E-state index contributed by atoms with van der Waals surface area (Å²) in [5.41, 5.74) is 1.02. The van der Waals surface area contributed by atoms with Crippen molar-refractivity contribution in [1.29, 1.82) is 0 Å². The lowest BCUT2D eigenvalue weighted by Gasteiger charge is -2.29. The first-order valence-electron chi connectivity index (χ1n) is 6.09. The first kappa shape index (κ1) is 12.3. The molecule has 0 unspecified atom stereocenters. The zero-order valence-corrected chi connectivity index (χ0v) is 11.6. The summed E-state index contributed by atoms with van der Waals surface area (Å²) in [6, 6.07) is 7.75. The van der Waals surface area contributed by atoms with Crippen LogP contribution < -0.4 is 5.32 Å². The van der Waals surface area contributed by atoms with Crippen LogP contribution in [0.15, 0.2) is 29.3 Å². The number of halogens is 1. The van der Waals surface area contributed by atoms with Crippen molar-refractivity contribution >= 4 is 34.2 Å². The van der Waals surface area contributed by atoms with Gasteiger partial charge in [-0.3, -0.25) is 4.99 Å². The largest absolute Gasteiger partial charge is 0.381 e. The minimum Gasteiger partial charge on any atom is -0.381 e. The standard InChI is InChI=1S/C13H15ClN2OS/c14-10-3-1-2-4-11(10)15-12-16-13(9-18-12)5-7-17-8-6-13/h1-4H,5-9H2,(H,15,16). The lowest BCUT2D eigenvalue weighted by molar-refractivity contribution is 0.0624. The molecular weight excluding hydrogens is 268 g/mol. The summed E-state index contributed by atoms with van der Waals surface area (Å²) in [6.45, 7) is 1.65. The number of hydrogen-bond donors (Lipinski definition) is 1.